The van der Waals surface area contributed by atoms with E-state index in [9.17, 15) is 5.11 Å². The molecule has 2 aliphatic heterocycles. The molecule has 0 aromatic heterocycles. The number of hydrogen-bond acceptors (Lipinski definition) is 4. The molecule has 2 heterocycles. The highest BCUT2D eigenvalue weighted by Crippen LogP contribution is 2.37. The van der Waals surface area contributed by atoms with E-state index in [1.807, 2.05) is 30.3 Å². The molecule has 2 fully saturated rings. The number of fused-ring (bicyclic) bond motifs is 2. The van der Waals surface area contributed by atoms with E-state index in [0.717, 1.165) is 5.56 Å². The topological polar surface area (TPSA) is 47.9 Å². The van der Waals surface area contributed by atoms with Crippen LogP contribution in [0.1, 0.15) is 5.56 Å². The summed E-state index contributed by atoms with van der Waals surface area (Å²) in [5, 5.41) is 9.43. The van der Waals surface area contributed by atoms with Gasteiger partial charge in [0.1, 0.15) is 17.8 Å². The van der Waals surface area contributed by atoms with E-state index in [4.69, 9.17) is 14.2 Å². The van der Waals surface area contributed by atoms with Crippen LogP contribution in [0.2, 0.25) is 0 Å². The van der Waals surface area contributed by atoms with Crippen molar-refractivity contribution < 1.29 is 19.3 Å². The molecule has 3 unspecified atom stereocenters. The van der Waals surface area contributed by atoms with Crippen molar-refractivity contribution in [2.45, 2.75) is 24.4 Å². The molecular formula is C13H16O4. The number of benzene rings is 1. The van der Waals surface area contributed by atoms with Gasteiger partial charge in [0, 0.05) is 0 Å². The van der Waals surface area contributed by atoms with Gasteiger partial charge in [-0.2, -0.15) is 0 Å². The van der Waals surface area contributed by atoms with Gasteiger partial charge in [-0.05, 0) is 5.56 Å². The molecule has 1 N–H and O–H groups in total. The van der Waals surface area contributed by atoms with Crippen LogP contribution in [0.3, 0.4) is 0 Å². The van der Waals surface area contributed by atoms with Crippen molar-refractivity contribution in [3.63, 3.8) is 0 Å². The van der Waals surface area contributed by atoms with Crippen LogP contribution in [0, 0.1) is 0 Å². The first-order valence-corrected chi connectivity index (χ1v) is 5.86. The van der Waals surface area contributed by atoms with Crippen molar-refractivity contribution in [2.24, 2.45) is 0 Å². The minimum Gasteiger partial charge on any atom is -0.393 e. The zero-order valence-electron chi connectivity index (χ0n) is 9.54. The highest BCUT2D eigenvalue weighted by atomic mass is 16.7. The van der Waals surface area contributed by atoms with Crippen LogP contribution in [-0.4, -0.2) is 42.7 Å². The first-order chi connectivity index (χ1) is 8.34. The van der Waals surface area contributed by atoms with Crippen LogP contribution in [0.5, 0.6) is 0 Å². The van der Waals surface area contributed by atoms with Crippen molar-refractivity contribution in [3.8, 4) is 0 Å². The fourth-order valence-corrected chi connectivity index (χ4v) is 2.46. The van der Waals surface area contributed by atoms with E-state index in [2.05, 4.69) is 0 Å². The number of aliphatic hydroxyl groups is 1. The lowest BCUT2D eigenvalue weighted by atomic mass is 10.0. The molecule has 0 spiro atoms. The number of aliphatic hydroxyl groups excluding tert-OH is 1. The third-order valence-corrected chi connectivity index (χ3v) is 3.47. The standard InChI is InChI=1S/C13H16O4/c14-8-13-9-16-11(7-17-13)12(13)15-6-10-4-2-1-3-5-10/h1-5,11-12,14H,6-9H2. The SMILES string of the molecule is OCC12COC(CO1)C2OCc1ccccc1. The van der Waals surface area contributed by atoms with Crippen molar-refractivity contribution in [1.82, 2.24) is 0 Å². The summed E-state index contributed by atoms with van der Waals surface area (Å²) in [6.45, 7) is 1.41. The fraction of sp³-hybridized carbons (Fsp3) is 0.538. The number of rotatable bonds is 4. The molecule has 2 saturated heterocycles. The van der Waals surface area contributed by atoms with Gasteiger partial charge in [0.05, 0.1) is 26.4 Å². The first kappa shape index (κ1) is 11.2. The smallest absolute Gasteiger partial charge is 0.143 e. The molecule has 4 nitrogen and oxygen atoms in total. The Balaban J connectivity index is 1.66. The van der Waals surface area contributed by atoms with E-state index in [0.29, 0.717) is 19.8 Å². The van der Waals surface area contributed by atoms with E-state index >= 15 is 0 Å². The second-order valence-corrected chi connectivity index (χ2v) is 4.60. The van der Waals surface area contributed by atoms with Crippen molar-refractivity contribution in [1.29, 1.82) is 0 Å². The van der Waals surface area contributed by atoms with Gasteiger partial charge in [-0.15, -0.1) is 0 Å². The lowest BCUT2D eigenvalue weighted by Gasteiger charge is -2.26. The average molecular weight is 236 g/mol. The molecule has 0 saturated carbocycles. The lowest BCUT2D eigenvalue weighted by Crippen LogP contribution is -2.45. The third kappa shape index (κ3) is 1.87. The maximum atomic E-state index is 9.43. The molecule has 0 amide bonds. The average Bonchev–Trinajstić information content (AvgIpc) is 2.92. The molecule has 17 heavy (non-hydrogen) atoms. The fourth-order valence-electron chi connectivity index (χ4n) is 2.46. The largest absolute Gasteiger partial charge is 0.393 e. The van der Waals surface area contributed by atoms with Gasteiger partial charge in [0.15, 0.2) is 0 Å². The van der Waals surface area contributed by atoms with E-state index in [1.165, 1.54) is 0 Å². The molecule has 2 aliphatic rings. The molecule has 92 valence electrons. The first-order valence-electron chi connectivity index (χ1n) is 5.86. The molecule has 0 radical (unpaired) electrons. The van der Waals surface area contributed by atoms with E-state index in [1.54, 1.807) is 0 Å². The summed E-state index contributed by atoms with van der Waals surface area (Å²) in [4.78, 5) is 0. The predicted octanol–water partition coefficient (Wildman–Crippen LogP) is 0.732. The van der Waals surface area contributed by atoms with Gasteiger partial charge in [0.2, 0.25) is 0 Å². The van der Waals surface area contributed by atoms with Crippen LogP contribution >= 0.6 is 0 Å². The monoisotopic (exact) mass is 236 g/mol. The Labute approximate surface area is 100 Å². The maximum absolute atomic E-state index is 9.43. The number of ether oxygens (including phenoxy) is 3. The second kappa shape index (κ2) is 4.38. The van der Waals surface area contributed by atoms with Crippen LogP contribution in [-0.2, 0) is 20.8 Å². The molecular weight excluding hydrogens is 220 g/mol. The predicted molar refractivity (Wildman–Crippen MR) is 60.5 cm³/mol. The van der Waals surface area contributed by atoms with E-state index < -0.39 is 5.60 Å². The Bertz CT molecular complexity index is 370. The minimum atomic E-state index is -0.639. The van der Waals surface area contributed by atoms with Crippen LogP contribution < -0.4 is 0 Å². The summed E-state index contributed by atoms with van der Waals surface area (Å²) >= 11 is 0. The van der Waals surface area contributed by atoms with Gasteiger partial charge in [-0.25, -0.2) is 0 Å². The van der Waals surface area contributed by atoms with Gasteiger partial charge >= 0.3 is 0 Å². The summed E-state index contributed by atoms with van der Waals surface area (Å²) in [6.07, 6.45) is -0.196. The van der Waals surface area contributed by atoms with Gasteiger partial charge in [0.25, 0.3) is 0 Å². The Morgan fingerprint density at radius 3 is 2.82 bits per heavy atom. The van der Waals surface area contributed by atoms with Crippen LogP contribution in [0.15, 0.2) is 30.3 Å². The summed E-state index contributed by atoms with van der Waals surface area (Å²) < 4.78 is 17.0. The zero-order valence-corrected chi connectivity index (χ0v) is 9.54. The molecule has 4 heteroatoms. The molecule has 2 bridgehead atoms. The van der Waals surface area contributed by atoms with E-state index in [-0.39, 0.29) is 18.8 Å². The van der Waals surface area contributed by atoms with Crippen LogP contribution in [0.25, 0.3) is 0 Å². The Morgan fingerprint density at radius 1 is 1.35 bits per heavy atom. The minimum absolute atomic E-state index is 0.0362. The van der Waals surface area contributed by atoms with Crippen molar-refractivity contribution in [2.75, 3.05) is 19.8 Å². The van der Waals surface area contributed by atoms with Crippen molar-refractivity contribution >= 4 is 0 Å². The van der Waals surface area contributed by atoms with Crippen molar-refractivity contribution in [3.05, 3.63) is 35.9 Å². The highest BCUT2D eigenvalue weighted by molar-refractivity contribution is 5.14. The number of hydrogen-bond donors (Lipinski definition) is 1. The van der Waals surface area contributed by atoms with Crippen LogP contribution in [0.4, 0.5) is 0 Å². The summed E-state index contributed by atoms with van der Waals surface area (Å²) in [7, 11) is 0. The molecule has 0 aliphatic carbocycles. The zero-order chi connectivity index (χ0) is 11.7. The van der Waals surface area contributed by atoms with Gasteiger partial charge in [-0.1, -0.05) is 30.3 Å². The lowest BCUT2D eigenvalue weighted by molar-refractivity contribution is -0.129. The molecule has 1 aromatic rings. The molecule has 1 aromatic carbocycles. The quantitative estimate of drug-likeness (QED) is 0.837. The van der Waals surface area contributed by atoms with Gasteiger partial charge in [-0.3, -0.25) is 0 Å². The summed E-state index contributed by atoms with van der Waals surface area (Å²) in [5.74, 6) is 0. The van der Waals surface area contributed by atoms with Gasteiger partial charge < -0.3 is 19.3 Å². The normalized spacial score (nSPS) is 35.4. The molecule has 3 rings (SSSR count). The summed E-state index contributed by atoms with van der Waals surface area (Å²) in [6, 6.07) is 9.98. The molecule has 3 atom stereocenters. The second-order valence-electron chi connectivity index (χ2n) is 4.60. The maximum Gasteiger partial charge on any atom is 0.143 e. The Morgan fingerprint density at radius 2 is 2.18 bits per heavy atom. The summed E-state index contributed by atoms with van der Waals surface area (Å²) in [5.41, 5.74) is 0.478. The third-order valence-electron chi connectivity index (χ3n) is 3.47. The highest BCUT2D eigenvalue weighted by Gasteiger charge is 2.57. The Kier molecular flexibility index (Phi) is 2.88. The Hall–Kier alpha value is -0.940.